The molecule has 0 radical (unpaired) electrons. The monoisotopic (exact) mass is 806 g/mol. The van der Waals surface area contributed by atoms with Crippen LogP contribution in [0.3, 0.4) is 0 Å². The van der Waals surface area contributed by atoms with Gasteiger partial charge >= 0.3 is 0 Å². The Morgan fingerprint density at radius 1 is 0.413 bits per heavy atom. The molecule has 5 nitrogen and oxygen atoms in total. The quantitative estimate of drug-likeness (QED) is 0.174. The minimum atomic E-state index is -0.179. The number of aromatic nitrogens is 4. The molecule has 5 heteroatoms. The first kappa shape index (κ1) is 35.6. The van der Waals surface area contributed by atoms with Gasteiger partial charge in [0.15, 0.2) is 23.1 Å². The average Bonchev–Trinajstić information content (AvgIpc) is 3.96. The number of para-hydroxylation sites is 2. The van der Waals surface area contributed by atoms with Crippen molar-refractivity contribution in [1.29, 1.82) is 0 Å². The molecule has 13 rings (SSSR count). The molecule has 0 bridgehead atoms. The van der Waals surface area contributed by atoms with Crippen LogP contribution in [-0.4, -0.2) is 19.5 Å². The fourth-order valence-corrected chi connectivity index (χ4v) is 10.2. The molecule has 3 aromatic heterocycles. The number of hydrogen-bond acceptors (Lipinski definition) is 4. The van der Waals surface area contributed by atoms with Crippen LogP contribution >= 0.6 is 0 Å². The van der Waals surface area contributed by atoms with Crippen molar-refractivity contribution < 1.29 is 4.42 Å². The number of rotatable bonds is 5. The van der Waals surface area contributed by atoms with Crippen LogP contribution in [0.15, 0.2) is 199 Å². The lowest BCUT2D eigenvalue weighted by molar-refractivity contribution is 0.660. The van der Waals surface area contributed by atoms with E-state index in [-0.39, 0.29) is 5.41 Å². The van der Waals surface area contributed by atoms with Gasteiger partial charge in [-0.2, -0.15) is 0 Å². The smallest absolute Gasteiger partial charge is 0.164 e. The summed E-state index contributed by atoms with van der Waals surface area (Å²) >= 11 is 0. The summed E-state index contributed by atoms with van der Waals surface area (Å²) in [6.45, 7) is 4.62. The second-order valence-corrected chi connectivity index (χ2v) is 17.2. The maximum Gasteiger partial charge on any atom is 0.164 e. The highest BCUT2D eigenvalue weighted by molar-refractivity contribution is 6.17. The number of nitrogens with zero attached hydrogens (tertiary/aromatic N) is 4. The lowest BCUT2D eigenvalue weighted by Crippen LogP contribution is -2.15. The number of hydrogen-bond donors (Lipinski definition) is 0. The van der Waals surface area contributed by atoms with E-state index in [1.807, 2.05) is 18.2 Å². The van der Waals surface area contributed by atoms with E-state index in [4.69, 9.17) is 19.4 Å². The van der Waals surface area contributed by atoms with Gasteiger partial charge in [0.05, 0.1) is 16.7 Å². The van der Waals surface area contributed by atoms with Gasteiger partial charge in [-0.1, -0.05) is 159 Å². The number of furan rings is 1. The Morgan fingerprint density at radius 3 is 1.90 bits per heavy atom. The van der Waals surface area contributed by atoms with Crippen molar-refractivity contribution in [3.63, 3.8) is 0 Å². The van der Waals surface area contributed by atoms with Crippen LogP contribution in [0, 0.1) is 0 Å². The van der Waals surface area contributed by atoms with Gasteiger partial charge in [0.2, 0.25) is 0 Å². The molecule has 63 heavy (non-hydrogen) atoms. The molecule has 12 aromatic rings. The fourth-order valence-electron chi connectivity index (χ4n) is 10.2. The molecule has 0 amide bonds. The lowest BCUT2D eigenvalue weighted by Gasteiger charge is -2.21. The summed E-state index contributed by atoms with van der Waals surface area (Å²) in [7, 11) is 0. The van der Waals surface area contributed by atoms with E-state index >= 15 is 0 Å². The van der Waals surface area contributed by atoms with E-state index in [1.165, 1.54) is 43.8 Å². The number of fused-ring (bicyclic) bond motifs is 10. The highest BCUT2D eigenvalue weighted by atomic mass is 16.3. The molecule has 0 atom stereocenters. The minimum Gasteiger partial charge on any atom is -0.454 e. The predicted octanol–water partition coefficient (Wildman–Crippen LogP) is 15.0. The van der Waals surface area contributed by atoms with Crippen LogP contribution < -0.4 is 0 Å². The fraction of sp³-hybridized carbons (Fsp3) is 0.0517. The summed E-state index contributed by atoms with van der Waals surface area (Å²) in [6, 6.07) is 68.9. The second-order valence-electron chi connectivity index (χ2n) is 17.2. The van der Waals surface area contributed by atoms with Gasteiger partial charge in [-0.25, -0.2) is 15.0 Å². The van der Waals surface area contributed by atoms with E-state index in [1.54, 1.807) is 0 Å². The van der Waals surface area contributed by atoms with Crippen molar-refractivity contribution in [2.75, 3.05) is 0 Å². The molecule has 1 aliphatic rings. The van der Waals surface area contributed by atoms with Crippen LogP contribution in [-0.2, 0) is 5.41 Å². The first-order valence-electron chi connectivity index (χ1n) is 21.5. The summed E-state index contributed by atoms with van der Waals surface area (Å²) in [5.74, 6) is 1.81. The summed E-state index contributed by atoms with van der Waals surface area (Å²) in [6.07, 6.45) is 0. The Labute approximate surface area is 363 Å². The summed E-state index contributed by atoms with van der Waals surface area (Å²) in [5.41, 5.74) is 14.7. The summed E-state index contributed by atoms with van der Waals surface area (Å²) < 4.78 is 9.32. The largest absolute Gasteiger partial charge is 0.454 e. The lowest BCUT2D eigenvalue weighted by atomic mass is 9.82. The van der Waals surface area contributed by atoms with Crippen LogP contribution in [0.1, 0.15) is 25.0 Å². The Morgan fingerprint density at radius 2 is 1.05 bits per heavy atom. The van der Waals surface area contributed by atoms with E-state index in [0.717, 1.165) is 66.5 Å². The van der Waals surface area contributed by atoms with Gasteiger partial charge in [0.1, 0.15) is 5.58 Å². The van der Waals surface area contributed by atoms with Crippen LogP contribution in [0.25, 0.3) is 117 Å². The second kappa shape index (κ2) is 13.4. The SMILES string of the molecule is CC1(C)c2ccccc2-c2ccc(-c3nc(-c4cccc(-c5ccccc5)c4)nc(-c4ccc(-n5c6ccccc6c6cc7ccccc7cc65)c5oc6ccccc6c45)n3)cc21. The van der Waals surface area contributed by atoms with Crippen LogP contribution in [0.5, 0.6) is 0 Å². The zero-order chi connectivity index (χ0) is 41.8. The van der Waals surface area contributed by atoms with Crippen molar-refractivity contribution in [2.45, 2.75) is 19.3 Å². The van der Waals surface area contributed by atoms with Crippen molar-refractivity contribution in [3.05, 3.63) is 205 Å². The summed E-state index contributed by atoms with van der Waals surface area (Å²) in [5, 5.41) is 6.75. The zero-order valence-corrected chi connectivity index (χ0v) is 34.7. The average molecular weight is 807 g/mol. The molecule has 0 spiro atoms. The van der Waals surface area contributed by atoms with Gasteiger partial charge in [-0.05, 0) is 92.7 Å². The van der Waals surface area contributed by atoms with Gasteiger partial charge in [0.25, 0.3) is 0 Å². The highest BCUT2D eigenvalue weighted by Gasteiger charge is 2.35. The minimum absolute atomic E-state index is 0.179. The Kier molecular flexibility index (Phi) is 7.58. The Hall–Kier alpha value is -8.15. The molecule has 0 N–H and O–H groups in total. The first-order valence-corrected chi connectivity index (χ1v) is 21.5. The normalized spacial score (nSPS) is 13.0. The Balaban J connectivity index is 1.07. The molecule has 9 aromatic carbocycles. The third-order valence-corrected chi connectivity index (χ3v) is 13.2. The zero-order valence-electron chi connectivity index (χ0n) is 34.7. The summed E-state index contributed by atoms with van der Waals surface area (Å²) in [4.78, 5) is 16.0. The van der Waals surface area contributed by atoms with Gasteiger partial charge in [0, 0.05) is 43.7 Å². The van der Waals surface area contributed by atoms with E-state index in [0.29, 0.717) is 17.5 Å². The van der Waals surface area contributed by atoms with Crippen molar-refractivity contribution in [2.24, 2.45) is 0 Å². The molecule has 0 saturated heterocycles. The van der Waals surface area contributed by atoms with Crippen molar-refractivity contribution >= 4 is 54.5 Å². The number of benzene rings is 9. The third-order valence-electron chi connectivity index (χ3n) is 13.2. The molecule has 0 saturated carbocycles. The maximum absolute atomic E-state index is 6.96. The van der Waals surface area contributed by atoms with E-state index in [9.17, 15) is 0 Å². The van der Waals surface area contributed by atoms with Gasteiger partial charge in [-0.3, -0.25) is 0 Å². The molecular weight excluding hydrogens is 769 g/mol. The maximum atomic E-state index is 6.96. The third kappa shape index (κ3) is 5.39. The molecule has 1 aliphatic carbocycles. The van der Waals surface area contributed by atoms with Crippen LogP contribution in [0.2, 0.25) is 0 Å². The molecule has 0 aliphatic heterocycles. The standard InChI is InChI=1S/C58H38N4O/c1-58(2)47-24-11-8-21-41(47)42-28-27-40(33-48(42)58)56-59-55(39-20-14-19-36(31-39)35-15-4-3-5-16-35)60-57(61-56)45-29-30-50(54-53(45)44-23-10-13-26-52(44)63-54)62-49-25-12-9-22-43(49)46-32-37-17-6-7-18-38(37)34-51(46)62/h3-34H,1-2H3. The molecule has 296 valence electrons. The topological polar surface area (TPSA) is 56.7 Å². The van der Waals surface area contributed by atoms with Crippen molar-refractivity contribution in [1.82, 2.24) is 19.5 Å². The van der Waals surface area contributed by atoms with Crippen molar-refractivity contribution in [3.8, 4) is 62.1 Å². The first-order chi connectivity index (χ1) is 31.0. The molecule has 3 heterocycles. The molecule has 0 fully saturated rings. The molecule has 0 unspecified atom stereocenters. The van der Waals surface area contributed by atoms with E-state index < -0.39 is 0 Å². The Bertz CT molecular complexity index is 3840. The molecular formula is C58H38N4O. The van der Waals surface area contributed by atoms with Gasteiger partial charge < -0.3 is 8.98 Å². The van der Waals surface area contributed by atoms with E-state index in [2.05, 4.69) is 194 Å². The predicted molar refractivity (Wildman–Crippen MR) is 258 cm³/mol. The highest BCUT2D eigenvalue weighted by Crippen LogP contribution is 2.50. The van der Waals surface area contributed by atoms with Crippen LogP contribution in [0.4, 0.5) is 0 Å². The van der Waals surface area contributed by atoms with Gasteiger partial charge in [-0.15, -0.1) is 0 Å².